The molecule has 1 aliphatic rings. The maximum absolute atomic E-state index is 12.8. The monoisotopic (exact) mass is 588 g/mol. The fourth-order valence-corrected chi connectivity index (χ4v) is 6.61. The molecule has 0 aromatic heterocycles. The molecular formula is C41H52N2O. The molecule has 0 N–H and O–H groups in total. The second-order valence-electron chi connectivity index (χ2n) is 12.5. The lowest BCUT2D eigenvalue weighted by Gasteiger charge is -2.30. The highest BCUT2D eigenvalue weighted by atomic mass is 16.2. The Labute approximate surface area is 266 Å². The number of hydrogen-bond donors (Lipinski definition) is 0. The quantitative estimate of drug-likeness (QED) is 0.174. The molecule has 0 atom stereocenters. The number of rotatable bonds is 11. The van der Waals surface area contributed by atoms with E-state index >= 15 is 0 Å². The molecule has 0 unspecified atom stereocenters. The van der Waals surface area contributed by atoms with Gasteiger partial charge < -0.3 is 9.80 Å². The fourth-order valence-electron chi connectivity index (χ4n) is 6.61. The summed E-state index contributed by atoms with van der Waals surface area (Å²) in [4.78, 5) is 17.4. The van der Waals surface area contributed by atoms with E-state index in [9.17, 15) is 4.79 Å². The van der Waals surface area contributed by atoms with Crippen molar-refractivity contribution in [3.63, 3.8) is 0 Å². The number of carbonyl (C=O) groups is 1. The summed E-state index contributed by atoms with van der Waals surface area (Å²) >= 11 is 0. The van der Waals surface area contributed by atoms with Crippen LogP contribution in [0.4, 0.5) is 0 Å². The van der Waals surface area contributed by atoms with E-state index in [1.807, 2.05) is 17.9 Å². The second kappa shape index (κ2) is 16.4. The van der Waals surface area contributed by atoms with Gasteiger partial charge in [-0.3, -0.25) is 4.79 Å². The Morgan fingerprint density at radius 1 is 0.705 bits per heavy atom. The largest absolute Gasteiger partial charge is 0.334 e. The number of hydrogen-bond acceptors (Lipinski definition) is 2. The van der Waals surface area contributed by atoms with Crippen LogP contribution in [-0.4, -0.2) is 41.9 Å². The van der Waals surface area contributed by atoms with E-state index < -0.39 is 0 Å². The van der Waals surface area contributed by atoms with Gasteiger partial charge in [-0.15, -0.1) is 0 Å². The standard InChI is InChI=1S/C21H29N.C20H23NO/c1-3-16-22(17-4-2)18-15-21(19-11-7-5-8-12-19)20-13-9-6-10-14-20;1-13-5-6-17-7-8-21(20(22)18(17)11-13)12-19-15(3)9-14(2)10-16(19)4/h5-14,21H,3-4,15-18H2,1-2H3;5-6,9-11H,7-8,12H2,1-4H3. The zero-order valence-corrected chi connectivity index (χ0v) is 27.9. The zero-order valence-electron chi connectivity index (χ0n) is 27.9. The lowest BCUT2D eigenvalue weighted by Crippen LogP contribution is -2.37. The van der Waals surface area contributed by atoms with Crippen molar-refractivity contribution in [1.29, 1.82) is 0 Å². The molecule has 1 amide bonds. The topological polar surface area (TPSA) is 23.6 Å². The van der Waals surface area contributed by atoms with Gasteiger partial charge in [-0.05, 0) is 112 Å². The predicted octanol–water partition coefficient (Wildman–Crippen LogP) is 9.45. The highest BCUT2D eigenvalue weighted by Crippen LogP contribution is 2.28. The van der Waals surface area contributed by atoms with Crippen LogP contribution in [0.15, 0.2) is 91.0 Å². The molecule has 0 spiro atoms. The number of benzene rings is 4. The molecule has 0 aliphatic carbocycles. The summed E-state index contributed by atoms with van der Waals surface area (Å²) in [6.07, 6.45) is 4.61. The average molecular weight is 589 g/mol. The van der Waals surface area contributed by atoms with Gasteiger partial charge in [-0.2, -0.15) is 0 Å². The summed E-state index contributed by atoms with van der Waals surface area (Å²) in [5.41, 5.74) is 11.2. The maximum Gasteiger partial charge on any atom is 0.254 e. The molecule has 4 aromatic rings. The molecule has 0 bridgehead atoms. The molecule has 4 aromatic carbocycles. The molecule has 0 radical (unpaired) electrons. The molecule has 1 aliphatic heterocycles. The molecule has 1 heterocycles. The van der Waals surface area contributed by atoms with Crippen molar-refractivity contribution in [3.8, 4) is 0 Å². The summed E-state index contributed by atoms with van der Waals surface area (Å²) in [6.45, 7) is 18.1. The number of carbonyl (C=O) groups excluding carboxylic acids is 1. The van der Waals surface area contributed by atoms with Crippen LogP contribution >= 0.6 is 0 Å². The first-order chi connectivity index (χ1) is 21.3. The number of nitrogens with zero attached hydrogens (tertiary/aromatic N) is 2. The Kier molecular flexibility index (Phi) is 12.4. The van der Waals surface area contributed by atoms with E-state index in [0.717, 1.165) is 24.1 Å². The van der Waals surface area contributed by atoms with Crippen molar-refractivity contribution in [2.75, 3.05) is 26.2 Å². The van der Waals surface area contributed by atoms with Gasteiger partial charge in [0.1, 0.15) is 0 Å². The summed E-state index contributed by atoms with van der Waals surface area (Å²) in [5, 5.41) is 0. The van der Waals surface area contributed by atoms with Crippen molar-refractivity contribution in [3.05, 3.63) is 141 Å². The van der Waals surface area contributed by atoms with Gasteiger partial charge in [0.2, 0.25) is 0 Å². The SMILES string of the molecule is CCCN(CCC)CCC(c1ccccc1)c1ccccc1.Cc1cc(C)c(CN2CCc3ccc(C)cc3C2=O)c(C)c1. The van der Waals surface area contributed by atoms with Crippen molar-refractivity contribution in [1.82, 2.24) is 9.80 Å². The number of fused-ring (bicyclic) bond motifs is 1. The number of aryl methyl sites for hydroxylation is 4. The van der Waals surface area contributed by atoms with Gasteiger partial charge >= 0.3 is 0 Å². The van der Waals surface area contributed by atoms with Gasteiger partial charge in [0, 0.05) is 24.6 Å². The third kappa shape index (κ3) is 8.92. The summed E-state index contributed by atoms with van der Waals surface area (Å²) in [5.74, 6) is 0.669. The minimum Gasteiger partial charge on any atom is -0.334 e. The summed E-state index contributed by atoms with van der Waals surface area (Å²) < 4.78 is 0. The molecular weight excluding hydrogens is 536 g/mol. The molecule has 44 heavy (non-hydrogen) atoms. The van der Waals surface area contributed by atoms with Crippen molar-refractivity contribution < 1.29 is 4.79 Å². The van der Waals surface area contributed by atoms with Crippen LogP contribution in [0.2, 0.25) is 0 Å². The van der Waals surface area contributed by atoms with E-state index in [1.54, 1.807) is 0 Å². The first-order valence-electron chi connectivity index (χ1n) is 16.6. The summed E-state index contributed by atoms with van der Waals surface area (Å²) in [7, 11) is 0. The Hall–Kier alpha value is -3.69. The highest BCUT2D eigenvalue weighted by Gasteiger charge is 2.25. The Morgan fingerprint density at radius 2 is 1.27 bits per heavy atom. The third-order valence-electron chi connectivity index (χ3n) is 8.84. The van der Waals surface area contributed by atoms with Gasteiger partial charge in [-0.25, -0.2) is 0 Å². The van der Waals surface area contributed by atoms with E-state index in [-0.39, 0.29) is 5.91 Å². The molecule has 3 nitrogen and oxygen atoms in total. The second-order valence-corrected chi connectivity index (χ2v) is 12.5. The smallest absolute Gasteiger partial charge is 0.254 e. The van der Waals surface area contributed by atoms with E-state index in [2.05, 4.69) is 124 Å². The van der Waals surface area contributed by atoms with Crippen LogP contribution in [0.1, 0.15) is 93.9 Å². The van der Waals surface area contributed by atoms with Crippen LogP contribution in [-0.2, 0) is 13.0 Å². The predicted molar refractivity (Wildman–Crippen MR) is 187 cm³/mol. The van der Waals surface area contributed by atoms with Crippen molar-refractivity contribution in [2.24, 2.45) is 0 Å². The van der Waals surface area contributed by atoms with Gasteiger partial charge in [0.15, 0.2) is 0 Å². The molecule has 232 valence electrons. The minimum absolute atomic E-state index is 0.171. The van der Waals surface area contributed by atoms with Crippen LogP contribution in [0, 0.1) is 27.7 Å². The van der Waals surface area contributed by atoms with E-state index in [0.29, 0.717) is 12.5 Å². The van der Waals surface area contributed by atoms with Crippen LogP contribution < -0.4 is 0 Å². The van der Waals surface area contributed by atoms with Crippen molar-refractivity contribution >= 4 is 5.91 Å². The average Bonchev–Trinajstić information content (AvgIpc) is 3.02. The van der Waals surface area contributed by atoms with Gasteiger partial charge in [0.05, 0.1) is 0 Å². The van der Waals surface area contributed by atoms with E-state index in [4.69, 9.17) is 0 Å². The molecule has 0 saturated heterocycles. The zero-order chi connectivity index (χ0) is 31.5. The lowest BCUT2D eigenvalue weighted by atomic mass is 9.88. The first-order valence-corrected chi connectivity index (χ1v) is 16.6. The minimum atomic E-state index is 0.171. The van der Waals surface area contributed by atoms with E-state index in [1.165, 1.54) is 77.8 Å². The van der Waals surface area contributed by atoms with Crippen LogP contribution in [0.3, 0.4) is 0 Å². The normalized spacial score (nSPS) is 12.7. The molecule has 3 heteroatoms. The molecule has 5 rings (SSSR count). The van der Waals surface area contributed by atoms with Gasteiger partial charge in [0.25, 0.3) is 5.91 Å². The molecule has 0 saturated carbocycles. The van der Waals surface area contributed by atoms with Crippen LogP contribution in [0.5, 0.6) is 0 Å². The molecule has 0 fully saturated rings. The first kappa shape index (κ1) is 33.2. The fraction of sp³-hybridized carbons (Fsp3) is 0.390. The Bertz CT molecular complexity index is 1410. The Balaban J connectivity index is 0.000000201. The lowest BCUT2D eigenvalue weighted by molar-refractivity contribution is 0.0726. The van der Waals surface area contributed by atoms with Crippen molar-refractivity contribution in [2.45, 2.75) is 79.7 Å². The van der Waals surface area contributed by atoms with Gasteiger partial charge in [-0.1, -0.05) is 110 Å². The van der Waals surface area contributed by atoms with Crippen LogP contribution in [0.25, 0.3) is 0 Å². The third-order valence-corrected chi connectivity index (χ3v) is 8.84. The maximum atomic E-state index is 12.8. The summed E-state index contributed by atoms with van der Waals surface area (Å²) in [6, 6.07) is 32.5. The number of amides is 1. The highest BCUT2D eigenvalue weighted by molar-refractivity contribution is 5.97. The Morgan fingerprint density at radius 3 is 1.82 bits per heavy atom.